The second kappa shape index (κ2) is 9.96. The third-order valence-electron chi connectivity index (χ3n) is 4.34. The van der Waals surface area contributed by atoms with Crippen LogP contribution >= 0.6 is 0 Å². The Kier molecular flexibility index (Phi) is 7.65. The lowest BCUT2D eigenvalue weighted by atomic mass is 9.86. The molecule has 2 aromatic carbocycles. The van der Waals surface area contributed by atoms with Crippen LogP contribution in [-0.4, -0.2) is 31.7 Å². The van der Waals surface area contributed by atoms with Crippen molar-refractivity contribution in [2.45, 2.75) is 45.8 Å². The number of hydrogen-bond acceptors (Lipinski definition) is 5. The monoisotopic (exact) mass is 399 g/mol. The van der Waals surface area contributed by atoms with Crippen LogP contribution in [0.1, 0.15) is 38.8 Å². The van der Waals surface area contributed by atoms with E-state index in [1.165, 1.54) is 6.92 Å². The highest BCUT2D eigenvalue weighted by molar-refractivity contribution is 5.83. The molecule has 6 nitrogen and oxygen atoms in total. The van der Waals surface area contributed by atoms with Gasteiger partial charge in [-0.3, -0.25) is 4.79 Å². The van der Waals surface area contributed by atoms with Crippen LogP contribution in [0.3, 0.4) is 0 Å². The van der Waals surface area contributed by atoms with Crippen LogP contribution in [0.4, 0.5) is 0 Å². The van der Waals surface area contributed by atoms with Crippen LogP contribution in [0, 0.1) is 0 Å². The van der Waals surface area contributed by atoms with Crippen LogP contribution in [-0.2, 0) is 26.3 Å². The molecule has 0 heterocycles. The highest BCUT2D eigenvalue weighted by Gasteiger charge is 2.21. The van der Waals surface area contributed by atoms with E-state index < -0.39 is 12.1 Å². The number of ether oxygens (including phenoxy) is 3. The first-order valence-corrected chi connectivity index (χ1v) is 9.53. The van der Waals surface area contributed by atoms with Gasteiger partial charge < -0.3 is 19.5 Å². The molecule has 0 bridgehead atoms. The predicted octanol–water partition coefficient (Wildman–Crippen LogP) is 3.62. The number of esters is 1. The number of methoxy groups -OCH3 is 1. The number of carbonyl (C=O) groups is 2. The fourth-order valence-electron chi connectivity index (χ4n) is 2.71. The van der Waals surface area contributed by atoms with Gasteiger partial charge in [-0.15, -0.1) is 0 Å². The van der Waals surface area contributed by atoms with E-state index in [2.05, 4.69) is 26.1 Å². The van der Waals surface area contributed by atoms with Crippen molar-refractivity contribution in [2.24, 2.45) is 0 Å². The first-order valence-electron chi connectivity index (χ1n) is 9.53. The van der Waals surface area contributed by atoms with E-state index in [1.807, 2.05) is 48.5 Å². The Labute approximate surface area is 172 Å². The van der Waals surface area contributed by atoms with E-state index in [1.54, 1.807) is 7.11 Å². The molecule has 0 fully saturated rings. The molecule has 6 heteroatoms. The lowest BCUT2D eigenvalue weighted by Crippen LogP contribution is -2.36. The van der Waals surface area contributed by atoms with Gasteiger partial charge in [0, 0.05) is 6.54 Å². The van der Waals surface area contributed by atoms with Gasteiger partial charge in [0.1, 0.15) is 11.5 Å². The Bertz CT molecular complexity index is 824. The standard InChI is InChI=1S/C23H29NO5/c1-16(22(26)24-14-17-10-12-18(27-5)13-11-17)29-21(25)15-28-20-9-7-6-8-19(20)23(2,3)4/h6-13,16H,14-15H2,1-5H3,(H,24,26)/t16-/m0/s1. The van der Waals surface area contributed by atoms with Gasteiger partial charge in [0.05, 0.1) is 7.11 Å². The van der Waals surface area contributed by atoms with E-state index in [0.717, 1.165) is 16.9 Å². The minimum absolute atomic E-state index is 0.116. The second-order valence-electron chi connectivity index (χ2n) is 7.73. The number of rotatable bonds is 8. The molecule has 0 radical (unpaired) electrons. The first-order chi connectivity index (χ1) is 13.7. The van der Waals surface area contributed by atoms with E-state index in [-0.39, 0.29) is 17.9 Å². The maximum atomic E-state index is 12.2. The first kappa shape index (κ1) is 22.3. The summed E-state index contributed by atoms with van der Waals surface area (Å²) in [6.07, 6.45) is -0.915. The summed E-state index contributed by atoms with van der Waals surface area (Å²) < 4.78 is 15.9. The average Bonchev–Trinajstić information content (AvgIpc) is 2.70. The van der Waals surface area contributed by atoms with Crippen molar-refractivity contribution in [3.05, 3.63) is 59.7 Å². The maximum Gasteiger partial charge on any atom is 0.344 e. The minimum Gasteiger partial charge on any atom is -0.497 e. The average molecular weight is 399 g/mol. The lowest BCUT2D eigenvalue weighted by molar-refractivity contribution is -0.156. The Morgan fingerprint density at radius 2 is 1.69 bits per heavy atom. The minimum atomic E-state index is -0.915. The number of nitrogens with one attached hydrogen (secondary N) is 1. The molecule has 0 aliphatic heterocycles. The van der Waals surface area contributed by atoms with Gasteiger partial charge in [-0.25, -0.2) is 4.79 Å². The number of amides is 1. The third-order valence-corrected chi connectivity index (χ3v) is 4.34. The van der Waals surface area contributed by atoms with Crippen molar-refractivity contribution in [2.75, 3.05) is 13.7 Å². The van der Waals surface area contributed by atoms with E-state index in [0.29, 0.717) is 12.3 Å². The smallest absolute Gasteiger partial charge is 0.344 e. The van der Waals surface area contributed by atoms with E-state index in [9.17, 15) is 9.59 Å². The molecule has 1 amide bonds. The quantitative estimate of drug-likeness (QED) is 0.687. The molecule has 0 saturated carbocycles. The van der Waals surface area contributed by atoms with Crippen LogP contribution in [0.5, 0.6) is 11.5 Å². The Morgan fingerprint density at radius 1 is 1.03 bits per heavy atom. The highest BCUT2D eigenvalue weighted by atomic mass is 16.6. The summed E-state index contributed by atoms with van der Waals surface area (Å²) in [4.78, 5) is 24.3. The number of para-hydroxylation sites is 1. The molecular weight excluding hydrogens is 370 g/mol. The summed E-state index contributed by atoms with van der Waals surface area (Å²) in [5.41, 5.74) is 1.80. The van der Waals surface area contributed by atoms with Crippen molar-refractivity contribution in [3.63, 3.8) is 0 Å². The van der Waals surface area contributed by atoms with Gasteiger partial charge >= 0.3 is 5.97 Å². The normalized spacial score (nSPS) is 12.0. The van der Waals surface area contributed by atoms with Crippen molar-refractivity contribution in [1.82, 2.24) is 5.32 Å². The van der Waals surface area contributed by atoms with Crippen molar-refractivity contribution >= 4 is 11.9 Å². The summed E-state index contributed by atoms with van der Waals surface area (Å²) in [5.74, 6) is 0.411. The second-order valence-corrected chi connectivity index (χ2v) is 7.73. The zero-order chi connectivity index (χ0) is 21.4. The van der Waals surface area contributed by atoms with Crippen molar-refractivity contribution in [3.8, 4) is 11.5 Å². The van der Waals surface area contributed by atoms with Crippen molar-refractivity contribution < 1.29 is 23.8 Å². The molecule has 0 aliphatic carbocycles. The van der Waals surface area contributed by atoms with Gasteiger partial charge in [-0.2, -0.15) is 0 Å². The van der Waals surface area contributed by atoms with Crippen molar-refractivity contribution in [1.29, 1.82) is 0 Å². The summed E-state index contributed by atoms with van der Waals surface area (Å²) >= 11 is 0. The van der Waals surface area contributed by atoms with Crippen LogP contribution in [0.15, 0.2) is 48.5 Å². The van der Waals surface area contributed by atoms with Crippen LogP contribution in [0.2, 0.25) is 0 Å². The zero-order valence-corrected chi connectivity index (χ0v) is 17.7. The van der Waals surface area contributed by atoms with Crippen LogP contribution in [0.25, 0.3) is 0 Å². The molecule has 0 unspecified atom stereocenters. The molecule has 0 saturated heterocycles. The fraction of sp³-hybridized carbons (Fsp3) is 0.391. The van der Waals surface area contributed by atoms with Gasteiger partial charge in [0.15, 0.2) is 12.7 Å². The molecular formula is C23H29NO5. The van der Waals surface area contributed by atoms with Gasteiger partial charge in [0.2, 0.25) is 0 Å². The molecule has 0 aliphatic rings. The third kappa shape index (κ3) is 6.82. The van der Waals surface area contributed by atoms with Gasteiger partial charge in [-0.05, 0) is 41.7 Å². The molecule has 0 aromatic heterocycles. The van der Waals surface area contributed by atoms with Gasteiger partial charge in [0.25, 0.3) is 5.91 Å². The summed E-state index contributed by atoms with van der Waals surface area (Å²) in [7, 11) is 1.60. The molecule has 29 heavy (non-hydrogen) atoms. The molecule has 2 aromatic rings. The van der Waals surface area contributed by atoms with Gasteiger partial charge in [-0.1, -0.05) is 51.1 Å². The molecule has 1 N–H and O–H groups in total. The molecule has 1 atom stereocenters. The summed E-state index contributed by atoms with van der Waals surface area (Å²) in [6, 6.07) is 14.9. The molecule has 156 valence electrons. The number of benzene rings is 2. The Hall–Kier alpha value is -3.02. The maximum absolute atomic E-state index is 12.2. The van der Waals surface area contributed by atoms with Crippen LogP contribution < -0.4 is 14.8 Å². The SMILES string of the molecule is COc1ccc(CNC(=O)[C@H](C)OC(=O)COc2ccccc2C(C)(C)C)cc1. The number of hydrogen-bond donors (Lipinski definition) is 1. The topological polar surface area (TPSA) is 73.9 Å². The largest absolute Gasteiger partial charge is 0.497 e. The zero-order valence-electron chi connectivity index (χ0n) is 17.7. The van der Waals surface area contributed by atoms with E-state index >= 15 is 0 Å². The van der Waals surface area contributed by atoms with E-state index in [4.69, 9.17) is 14.2 Å². The predicted molar refractivity (Wildman–Crippen MR) is 111 cm³/mol. The summed E-state index contributed by atoms with van der Waals surface area (Å²) in [5, 5.41) is 2.75. The number of carbonyl (C=O) groups excluding carboxylic acids is 2. The Morgan fingerprint density at radius 3 is 2.31 bits per heavy atom. The Balaban J connectivity index is 1.81. The fourth-order valence-corrected chi connectivity index (χ4v) is 2.71. The summed E-state index contributed by atoms with van der Waals surface area (Å²) in [6.45, 7) is 7.82. The highest BCUT2D eigenvalue weighted by Crippen LogP contribution is 2.30. The lowest BCUT2D eigenvalue weighted by Gasteiger charge is -2.22. The molecule has 2 rings (SSSR count). The molecule has 0 spiro atoms.